The number of nitrogens with one attached hydrogen (secondary N) is 1. The minimum absolute atomic E-state index is 0.0393. The molecule has 2 saturated heterocycles. The molecule has 2 fully saturated rings. The van der Waals surface area contributed by atoms with E-state index < -0.39 is 0 Å². The number of aromatic nitrogens is 3. The quantitative estimate of drug-likeness (QED) is 0.903. The number of aromatic amines is 1. The Morgan fingerprint density at radius 2 is 2.19 bits per heavy atom. The van der Waals surface area contributed by atoms with Gasteiger partial charge in [-0.1, -0.05) is 0 Å². The summed E-state index contributed by atoms with van der Waals surface area (Å²) in [5.41, 5.74) is 1.68. The number of pyridine rings is 1. The lowest BCUT2D eigenvalue weighted by Gasteiger charge is -2.47. The fourth-order valence-corrected chi connectivity index (χ4v) is 4.16. The summed E-state index contributed by atoms with van der Waals surface area (Å²) in [6, 6.07) is 3.83. The van der Waals surface area contributed by atoms with Gasteiger partial charge in [0, 0.05) is 62.8 Å². The van der Waals surface area contributed by atoms with Gasteiger partial charge in [0.15, 0.2) is 0 Å². The Morgan fingerprint density at radius 1 is 1.27 bits per heavy atom. The molecule has 0 bridgehead atoms. The van der Waals surface area contributed by atoms with E-state index in [9.17, 15) is 9.59 Å². The maximum atomic E-state index is 12.7. The topological polar surface area (TPSA) is 82.2 Å². The third-order valence-corrected chi connectivity index (χ3v) is 5.52. The molecular formula is C19H23N5O2. The molecule has 0 saturated carbocycles. The van der Waals surface area contributed by atoms with E-state index in [1.54, 1.807) is 31.0 Å². The Morgan fingerprint density at radius 3 is 2.96 bits per heavy atom. The van der Waals surface area contributed by atoms with Crippen molar-refractivity contribution in [2.24, 2.45) is 5.92 Å². The number of piperidine rings is 2. The number of rotatable bonds is 4. The van der Waals surface area contributed by atoms with Crippen molar-refractivity contribution in [2.75, 3.05) is 19.6 Å². The van der Waals surface area contributed by atoms with Crippen LogP contribution in [0.25, 0.3) is 0 Å². The Balaban J connectivity index is 1.41. The van der Waals surface area contributed by atoms with Crippen LogP contribution in [0, 0.1) is 5.92 Å². The molecule has 2 aromatic rings. The molecule has 136 valence electrons. The predicted molar refractivity (Wildman–Crippen MR) is 95.3 cm³/mol. The number of H-pyrrole nitrogens is 1. The van der Waals surface area contributed by atoms with Gasteiger partial charge in [0.1, 0.15) is 0 Å². The molecule has 2 aliphatic rings. The van der Waals surface area contributed by atoms with Crippen molar-refractivity contribution >= 4 is 11.8 Å². The number of carbonyl (C=O) groups is 2. The summed E-state index contributed by atoms with van der Waals surface area (Å²) in [6.07, 6.45) is 9.82. The number of imidazole rings is 1. The first kappa shape index (κ1) is 16.8. The first-order valence-electron chi connectivity index (χ1n) is 9.18. The first-order chi connectivity index (χ1) is 12.7. The van der Waals surface area contributed by atoms with Gasteiger partial charge in [-0.15, -0.1) is 0 Å². The van der Waals surface area contributed by atoms with Gasteiger partial charge < -0.3 is 14.8 Å². The molecule has 4 rings (SSSR count). The highest BCUT2D eigenvalue weighted by atomic mass is 16.2. The lowest BCUT2D eigenvalue weighted by molar-refractivity contribution is -0.140. The third kappa shape index (κ3) is 3.34. The van der Waals surface area contributed by atoms with E-state index in [1.807, 2.05) is 15.9 Å². The zero-order chi connectivity index (χ0) is 17.9. The van der Waals surface area contributed by atoms with Gasteiger partial charge >= 0.3 is 0 Å². The third-order valence-electron chi connectivity index (χ3n) is 5.52. The molecule has 0 radical (unpaired) electrons. The molecule has 2 amide bonds. The maximum absolute atomic E-state index is 12.7. The van der Waals surface area contributed by atoms with Crippen LogP contribution in [0.4, 0.5) is 0 Å². The molecule has 0 aliphatic carbocycles. The molecular weight excluding hydrogens is 330 g/mol. The number of nitrogens with zero attached hydrogens (tertiary/aromatic N) is 4. The van der Waals surface area contributed by atoms with Crippen LogP contribution in [0.3, 0.4) is 0 Å². The highest BCUT2D eigenvalue weighted by Gasteiger charge is 2.40. The van der Waals surface area contributed by atoms with Crippen molar-refractivity contribution < 1.29 is 9.59 Å². The van der Waals surface area contributed by atoms with Gasteiger partial charge in [-0.3, -0.25) is 14.6 Å². The Hall–Kier alpha value is -2.70. The SMILES string of the molecule is O=C(c1cccnc1)N1CCC2C(CCC(=O)N2CCc2cnc[nH]2)C1. The second-order valence-electron chi connectivity index (χ2n) is 7.06. The fraction of sp³-hybridized carbons (Fsp3) is 0.474. The number of hydrogen-bond donors (Lipinski definition) is 1. The van der Waals surface area contributed by atoms with Crippen molar-refractivity contribution in [3.63, 3.8) is 0 Å². The molecule has 0 aromatic carbocycles. The molecule has 4 heterocycles. The zero-order valence-corrected chi connectivity index (χ0v) is 14.7. The minimum atomic E-state index is 0.0393. The van der Waals surface area contributed by atoms with E-state index in [2.05, 4.69) is 15.0 Å². The normalized spacial score (nSPS) is 23.0. The Kier molecular flexibility index (Phi) is 4.69. The van der Waals surface area contributed by atoms with Crippen molar-refractivity contribution in [3.05, 3.63) is 48.3 Å². The summed E-state index contributed by atoms with van der Waals surface area (Å²) >= 11 is 0. The summed E-state index contributed by atoms with van der Waals surface area (Å²) in [4.78, 5) is 40.3. The highest BCUT2D eigenvalue weighted by Crippen LogP contribution is 2.32. The second-order valence-corrected chi connectivity index (χ2v) is 7.06. The number of amides is 2. The van der Waals surface area contributed by atoms with Crippen molar-refractivity contribution in [1.82, 2.24) is 24.8 Å². The van der Waals surface area contributed by atoms with Crippen LogP contribution < -0.4 is 0 Å². The fourth-order valence-electron chi connectivity index (χ4n) is 4.16. The second kappa shape index (κ2) is 7.27. The number of likely N-dealkylation sites (tertiary alicyclic amines) is 2. The van der Waals surface area contributed by atoms with E-state index >= 15 is 0 Å². The molecule has 2 aromatic heterocycles. The molecule has 7 heteroatoms. The number of carbonyl (C=O) groups excluding carboxylic acids is 2. The van der Waals surface area contributed by atoms with Gasteiger partial charge in [0.05, 0.1) is 11.9 Å². The van der Waals surface area contributed by atoms with Crippen molar-refractivity contribution in [3.8, 4) is 0 Å². The summed E-state index contributed by atoms with van der Waals surface area (Å²) in [5.74, 6) is 0.624. The molecule has 2 atom stereocenters. The number of fused-ring (bicyclic) bond motifs is 1. The average molecular weight is 353 g/mol. The van der Waals surface area contributed by atoms with Crippen molar-refractivity contribution in [1.29, 1.82) is 0 Å². The largest absolute Gasteiger partial charge is 0.348 e. The van der Waals surface area contributed by atoms with Crippen LogP contribution in [0.2, 0.25) is 0 Å². The predicted octanol–water partition coefficient (Wildman–Crippen LogP) is 1.50. The molecule has 26 heavy (non-hydrogen) atoms. The van der Waals surface area contributed by atoms with Crippen LogP contribution >= 0.6 is 0 Å². The zero-order valence-electron chi connectivity index (χ0n) is 14.7. The minimum Gasteiger partial charge on any atom is -0.348 e. The van der Waals surface area contributed by atoms with Gasteiger partial charge in [0.2, 0.25) is 5.91 Å². The lowest BCUT2D eigenvalue weighted by Crippen LogP contribution is -2.57. The van der Waals surface area contributed by atoms with Gasteiger partial charge in [-0.2, -0.15) is 0 Å². The summed E-state index contributed by atoms with van der Waals surface area (Å²) in [7, 11) is 0. The molecule has 2 aliphatic heterocycles. The van der Waals surface area contributed by atoms with E-state index in [1.165, 1.54) is 0 Å². The van der Waals surface area contributed by atoms with Crippen LogP contribution in [-0.4, -0.2) is 62.2 Å². The van der Waals surface area contributed by atoms with Crippen molar-refractivity contribution in [2.45, 2.75) is 31.7 Å². The van der Waals surface area contributed by atoms with Crippen LogP contribution in [-0.2, 0) is 11.2 Å². The van der Waals surface area contributed by atoms with E-state index in [0.717, 1.165) is 25.0 Å². The molecule has 0 spiro atoms. The summed E-state index contributed by atoms with van der Waals surface area (Å²) in [5, 5.41) is 0. The average Bonchev–Trinajstić information content (AvgIpc) is 3.20. The van der Waals surface area contributed by atoms with Crippen LogP contribution in [0.1, 0.15) is 35.3 Å². The maximum Gasteiger partial charge on any atom is 0.255 e. The van der Waals surface area contributed by atoms with Gasteiger partial charge in [-0.05, 0) is 30.9 Å². The van der Waals surface area contributed by atoms with E-state index in [-0.39, 0.29) is 17.9 Å². The first-order valence-corrected chi connectivity index (χ1v) is 9.18. The lowest BCUT2D eigenvalue weighted by atomic mass is 9.83. The summed E-state index contributed by atoms with van der Waals surface area (Å²) < 4.78 is 0. The molecule has 7 nitrogen and oxygen atoms in total. The van der Waals surface area contributed by atoms with E-state index in [0.29, 0.717) is 37.5 Å². The Labute approximate surface area is 152 Å². The van der Waals surface area contributed by atoms with Crippen LogP contribution in [0.5, 0.6) is 0 Å². The smallest absolute Gasteiger partial charge is 0.255 e. The molecule has 1 N–H and O–H groups in total. The standard InChI is InChI=1S/C19H23N5O2/c25-18-4-3-15-12-23(19(26)14-2-1-7-20-10-14)8-6-17(15)24(18)9-5-16-11-21-13-22-16/h1-2,7,10-11,13,15,17H,3-6,8-9,12H2,(H,21,22). The monoisotopic (exact) mass is 353 g/mol. The summed E-state index contributed by atoms with van der Waals surface area (Å²) in [6.45, 7) is 2.10. The van der Waals surface area contributed by atoms with Gasteiger partial charge in [0.25, 0.3) is 5.91 Å². The Bertz CT molecular complexity index is 762. The molecule has 2 unspecified atom stereocenters. The highest BCUT2D eigenvalue weighted by molar-refractivity contribution is 5.94. The number of hydrogen-bond acceptors (Lipinski definition) is 4. The van der Waals surface area contributed by atoms with Crippen LogP contribution in [0.15, 0.2) is 37.1 Å². The van der Waals surface area contributed by atoms with Gasteiger partial charge in [-0.25, -0.2) is 4.98 Å². The van der Waals surface area contributed by atoms with E-state index in [4.69, 9.17) is 0 Å².